The molecule has 2 heterocycles. The number of halogens is 3. The van der Waals surface area contributed by atoms with Crippen LogP contribution in [0.25, 0.3) is 5.69 Å². The normalized spacial score (nSPS) is 13.9. The lowest BCUT2D eigenvalue weighted by atomic mass is 10.1. The van der Waals surface area contributed by atoms with Crippen molar-refractivity contribution in [2.45, 2.75) is 26.6 Å². The summed E-state index contributed by atoms with van der Waals surface area (Å²) in [5.41, 5.74) is 2.34. The number of fused-ring (bicyclic) bond motifs is 1. The third kappa shape index (κ3) is 4.28. The fourth-order valence-corrected chi connectivity index (χ4v) is 4.57. The number of hydrogen-bond donors (Lipinski definition) is 0. The van der Waals surface area contributed by atoms with Gasteiger partial charge < -0.3 is 4.74 Å². The van der Waals surface area contributed by atoms with E-state index in [9.17, 15) is 22.0 Å². The molecule has 168 valence electrons. The number of aryl methyl sites for hydroxylation is 1. The number of nitrogens with zero attached hydrogens (tertiary/aromatic N) is 2. The number of aromatic nitrogens is 1. The number of benzene rings is 2. The van der Waals surface area contributed by atoms with Crippen molar-refractivity contribution in [3.8, 4) is 11.4 Å². The standard InChI is InChI=1S/C22H19ClF2N2O4S/c1-13-7-20(31-12-15-3-5-17(24)9-19(15)25)21(23)22(28)27(13)18-6-4-14-10-26(32(2,29)30)11-16(14)8-18/h3-9H,10-12H2,1-2H3. The molecule has 0 saturated carbocycles. The van der Waals surface area contributed by atoms with Gasteiger partial charge in [-0.15, -0.1) is 0 Å². The van der Waals surface area contributed by atoms with E-state index in [0.29, 0.717) is 11.4 Å². The van der Waals surface area contributed by atoms with Crippen molar-refractivity contribution < 1.29 is 21.9 Å². The Morgan fingerprint density at radius 3 is 2.47 bits per heavy atom. The van der Waals surface area contributed by atoms with E-state index in [2.05, 4.69) is 0 Å². The molecule has 0 spiro atoms. The first-order valence-corrected chi connectivity index (χ1v) is 11.8. The Labute approximate surface area is 188 Å². The van der Waals surface area contributed by atoms with Crippen molar-refractivity contribution in [2.24, 2.45) is 0 Å². The van der Waals surface area contributed by atoms with E-state index < -0.39 is 27.2 Å². The molecule has 10 heteroatoms. The molecule has 32 heavy (non-hydrogen) atoms. The van der Waals surface area contributed by atoms with Crippen molar-refractivity contribution in [1.82, 2.24) is 8.87 Å². The molecule has 1 aliphatic heterocycles. The van der Waals surface area contributed by atoms with E-state index in [-0.39, 0.29) is 36.0 Å². The minimum atomic E-state index is -3.33. The van der Waals surface area contributed by atoms with Crippen molar-refractivity contribution >= 4 is 21.6 Å². The van der Waals surface area contributed by atoms with Gasteiger partial charge in [-0.25, -0.2) is 17.2 Å². The average Bonchev–Trinajstić information content (AvgIpc) is 3.15. The molecular formula is C22H19ClF2N2O4S. The summed E-state index contributed by atoms with van der Waals surface area (Å²) in [4.78, 5) is 13.0. The summed E-state index contributed by atoms with van der Waals surface area (Å²) in [6.07, 6.45) is 1.16. The maximum atomic E-state index is 13.8. The lowest BCUT2D eigenvalue weighted by molar-refractivity contribution is 0.298. The molecule has 3 aromatic rings. The number of hydrogen-bond acceptors (Lipinski definition) is 4. The molecule has 0 radical (unpaired) electrons. The Hall–Kier alpha value is -2.75. The minimum absolute atomic E-state index is 0.0820. The predicted octanol–water partition coefficient (Wildman–Crippen LogP) is 3.93. The summed E-state index contributed by atoms with van der Waals surface area (Å²) < 4.78 is 58.9. The molecule has 4 rings (SSSR count). The molecule has 1 aromatic heterocycles. The van der Waals surface area contributed by atoms with Gasteiger partial charge in [-0.05, 0) is 42.3 Å². The number of ether oxygens (including phenoxy) is 1. The third-order valence-electron chi connectivity index (χ3n) is 5.31. The third-order valence-corrected chi connectivity index (χ3v) is 6.85. The molecule has 1 aliphatic rings. The van der Waals surface area contributed by atoms with Gasteiger partial charge in [0.25, 0.3) is 5.56 Å². The van der Waals surface area contributed by atoms with Crippen LogP contribution in [0, 0.1) is 18.6 Å². The van der Waals surface area contributed by atoms with Gasteiger partial charge in [0, 0.05) is 42.2 Å². The Kier molecular flexibility index (Phi) is 5.83. The first kappa shape index (κ1) is 22.4. The van der Waals surface area contributed by atoms with E-state index in [4.69, 9.17) is 16.3 Å². The smallest absolute Gasteiger partial charge is 0.277 e. The zero-order valence-electron chi connectivity index (χ0n) is 17.2. The highest BCUT2D eigenvalue weighted by Crippen LogP contribution is 2.29. The van der Waals surface area contributed by atoms with E-state index in [1.807, 2.05) is 0 Å². The zero-order valence-corrected chi connectivity index (χ0v) is 18.8. The summed E-state index contributed by atoms with van der Waals surface area (Å²) in [6, 6.07) is 9.96. The monoisotopic (exact) mass is 480 g/mol. The Morgan fingerprint density at radius 1 is 1.06 bits per heavy atom. The Morgan fingerprint density at radius 2 is 1.78 bits per heavy atom. The lowest BCUT2D eigenvalue weighted by Gasteiger charge is -2.15. The fourth-order valence-electron chi connectivity index (χ4n) is 3.62. The van der Waals surface area contributed by atoms with Crippen LogP contribution in [0.4, 0.5) is 8.78 Å². The number of sulfonamides is 1. The van der Waals surface area contributed by atoms with Gasteiger partial charge >= 0.3 is 0 Å². The summed E-state index contributed by atoms with van der Waals surface area (Å²) in [7, 11) is -3.33. The molecule has 0 amide bonds. The summed E-state index contributed by atoms with van der Waals surface area (Å²) in [6.45, 7) is 1.98. The molecule has 6 nitrogen and oxygen atoms in total. The minimum Gasteiger partial charge on any atom is -0.487 e. The number of rotatable bonds is 5. The van der Waals surface area contributed by atoms with Crippen LogP contribution in [0.1, 0.15) is 22.4 Å². The SMILES string of the molecule is Cc1cc(OCc2ccc(F)cc2F)c(Cl)c(=O)n1-c1ccc2c(c1)CN(S(C)(=O)=O)C2. The highest BCUT2D eigenvalue weighted by Gasteiger charge is 2.26. The van der Waals surface area contributed by atoms with Crippen LogP contribution in [0.3, 0.4) is 0 Å². The average molecular weight is 481 g/mol. The van der Waals surface area contributed by atoms with Crippen LogP contribution in [-0.2, 0) is 29.7 Å². The lowest BCUT2D eigenvalue weighted by Crippen LogP contribution is -2.23. The molecular weight excluding hydrogens is 462 g/mol. The van der Waals surface area contributed by atoms with E-state index in [1.165, 1.54) is 14.9 Å². The summed E-state index contributed by atoms with van der Waals surface area (Å²) >= 11 is 6.25. The molecule has 0 N–H and O–H groups in total. The van der Waals surface area contributed by atoms with Gasteiger partial charge in [0.2, 0.25) is 10.0 Å². The summed E-state index contributed by atoms with van der Waals surface area (Å²) in [5.74, 6) is -1.37. The maximum Gasteiger partial charge on any atom is 0.277 e. The van der Waals surface area contributed by atoms with Crippen LogP contribution in [-0.4, -0.2) is 23.5 Å². The van der Waals surface area contributed by atoms with Crippen LogP contribution < -0.4 is 10.3 Å². The predicted molar refractivity (Wildman–Crippen MR) is 117 cm³/mol. The molecule has 0 saturated heterocycles. The van der Waals surface area contributed by atoms with Gasteiger partial charge in [-0.3, -0.25) is 9.36 Å². The quantitative estimate of drug-likeness (QED) is 0.555. The molecule has 0 fully saturated rings. The second kappa shape index (κ2) is 8.31. The Balaban J connectivity index is 1.64. The molecule has 0 aliphatic carbocycles. The van der Waals surface area contributed by atoms with Crippen LogP contribution in [0.5, 0.6) is 5.75 Å². The van der Waals surface area contributed by atoms with Crippen LogP contribution in [0.2, 0.25) is 5.02 Å². The van der Waals surface area contributed by atoms with E-state index in [1.54, 1.807) is 31.2 Å². The van der Waals surface area contributed by atoms with Crippen molar-refractivity contribution in [3.63, 3.8) is 0 Å². The van der Waals surface area contributed by atoms with Gasteiger partial charge in [-0.2, -0.15) is 4.31 Å². The first-order chi connectivity index (χ1) is 15.0. The van der Waals surface area contributed by atoms with Gasteiger partial charge in [0.05, 0.1) is 6.26 Å². The van der Waals surface area contributed by atoms with Crippen molar-refractivity contribution in [2.75, 3.05) is 6.26 Å². The van der Waals surface area contributed by atoms with Crippen molar-refractivity contribution in [3.05, 3.63) is 91.9 Å². The maximum absolute atomic E-state index is 13.8. The van der Waals surface area contributed by atoms with Crippen molar-refractivity contribution in [1.29, 1.82) is 0 Å². The second-order valence-corrected chi connectivity index (χ2v) is 9.97. The highest BCUT2D eigenvalue weighted by molar-refractivity contribution is 7.88. The fraction of sp³-hybridized carbons (Fsp3) is 0.227. The van der Waals surface area contributed by atoms with Crippen LogP contribution >= 0.6 is 11.6 Å². The second-order valence-electron chi connectivity index (χ2n) is 7.61. The molecule has 2 aromatic carbocycles. The van der Waals surface area contributed by atoms with Gasteiger partial charge in [0.15, 0.2) is 0 Å². The molecule has 0 bridgehead atoms. The van der Waals surface area contributed by atoms with Gasteiger partial charge in [0.1, 0.15) is 29.0 Å². The highest BCUT2D eigenvalue weighted by atomic mass is 35.5. The van der Waals surface area contributed by atoms with E-state index in [0.717, 1.165) is 29.5 Å². The molecule has 0 unspecified atom stereocenters. The summed E-state index contributed by atoms with van der Waals surface area (Å²) in [5, 5.41) is -0.184. The largest absolute Gasteiger partial charge is 0.487 e. The van der Waals surface area contributed by atoms with E-state index >= 15 is 0 Å². The Bertz CT molecular complexity index is 1390. The van der Waals surface area contributed by atoms with Crippen LogP contribution in [0.15, 0.2) is 47.3 Å². The topological polar surface area (TPSA) is 68.6 Å². The van der Waals surface area contributed by atoms with Gasteiger partial charge in [-0.1, -0.05) is 17.7 Å². The first-order valence-electron chi connectivity index (χ1n) is 9.61. The number of pyridine rings is 1. The molecule has 0 atom stereocenters. The zero-order chi connectivity index (χ0) is 23.2.